The summed E-state index contributed by atoms with van der Waals surface area (Å²) in [6, 6.07) is 5.77. The lowest BCUT2D eigenvalue weighted by Gasteiger charge is -2.37. The molecule has 0 saturated carbocycles. The highest BCUT2D eigenvalue weighted by Crippen LogP contribution is 2.38. The lowest BCUT2D eigenvalue weighted by molar-refractivity contribution is -0.138. The molecule has 1 aliphatic rings. The number of halogens is 3. The van der Waals surface area contributed by atoms with Crippen molar-refractivity contribution in [2.24, 2.45) is 4.99 Å². The Labute approximate surface area is 150 Å². The molecule has 0 spiro atoms. The van der Waals surface area contributed by atoms with E-state index < -0.39 is 11.7 Å². The minimum atomic E-state index is -4.38. The van der Waals surface area contributed by atoms with Crippen molar-refractivity contribution in [3.8, 4) is 5.75 Å². The molecule has 3 rings (SSSR count). The molecule has 0 aliphatic carbocycles. The number of hydrogen-bond donors (Lipinski definition) is 0. The summed E-state index contributed by atoms with van der Waals surface area (Å²) in [6.45, 7) is 5.27. The molecule has 2 aromatic rings. The molecule has 0 amide bonds. The van der Waals surface area contributed by atoms with Crippen LogP contribution >= 0.6 is 0 Å². The van der Waals surface area contributed by atoms with Crippen molar-refractivity contribution in [2.75, 3.05) is 12.0 Å². The topological polar surface area (TPSA) is 37.7 Å². The molecule has 138 valence electrons. The van der Waals surface area contributed by atoms with E-state index in [1.165, 1.54) is 13.0 Å². The van der Waals surface area contributed by atoms with Gasteiger partial charge in [0.05, 0.1) is 24.9 Å². The molecular weight excluding hydrogens is 343 g/mol. The van der Waals surface area contributed by atoms with Gasteiger partial charge in [-0.1, -0.05) is 12.1 Å². The van der Waals surface area contributed by atoms with E-state index in [0.29, 0.717) is 17.1 Å². The van der Waals surface area contributed by atoms with Crippen LogP contribution in [-0.2, 0) is 6.18 Å². The number of fused-ring (bicyclic) bond motifs is 1. The number of ether oxygens (including phenoxy) is 1. The normalized spacial score (nSPS) is 17.8. The minimum Gasteiger partial charge on any atom is -0.495 e. The van der Waals surface area contributed by atoms with E-state index in [1.807, 2.05) is 24.8 Å². The molecule has 0 bridgehead atoms. The summed E-state index contributed by atoms with van der Waals surface area (Å²) in [7, 11) is 1.55. The zero-order valence-corrected chi connectivity index (χ0v) is 15.0. The second kappa shape index (κ2) is 6.63. The summed E-state index contributed by atoms with van der Waals surface area (Å²) < 4.78 is 45.0. The summed E-state index contributed by atoms with van der Waals surface area (Å²) in [5, 5.41) is 0. The van der Waals surface area contributed by atoms with Crippen LogP contribution in [0.3, 0.4) is 0 Å². The van der Waals surface area contributed by atoms with E-state index in [9.17, 15) is 13.2 Å². The standard InChI is InChI=1S/C19H20F3N3O/c1-11-16(6-5-7-17(11)19(20,21)22)12(2)25-13(3)23-9-14-8-15(26-4)10-24-18(14)25/h5-10,12-13H,1-4H3/t12-,13?/m1/s1. The first-order chi connectivity index (χ1) is 12.2. The zero-order valence-electron chi connectivity index (χ0n) is 15.0. The van der Waals surface area contributed by atoms with Gasteiger partial charge in [-0.05, 0) is 44.0 Å². The van der Waals surface area contributed by atoms with Gasteiger partial charge in [0.2, 0.25) is 0 Å². The Balaban J connectivity index is 2.06. The van der Waals surface area contributed by atoms with Gasteiger partial charge in [-0.2, -0.15) is 13.2 Å². The largest absolute Gasteiger partial charge is 0.495 e. The van der Waals surface area contributed by atoms with Gasteiger partial charge in [0.1, 0.15) is 17.7 Å². The van der Waals surface area contributed by atoms with Crippen LogP contribution in [-0.4, -0.2) is 24.5 Å². The van der Waals surface area contributed by atoms with Gasteiger partial charge < -0.3 is 9.64 Å². The molecule has 1 aliphatic heterocycles. The summed E-state index contributed by atoms with van der Waals surface area (Å²) in [4.78, 5) is 10.8. The molecule has 0 saturated heterocycles. The predicted octanol–water partition coefficient (Wildman–Crippen LogP) is 4.76. The number of anilines is 1. The SMILES string of the molecule is COc1cnc2c(c1)C=NC(C)N2[C@H](C)c1cccc(C(F)(F)F)c1C. The summed E-state index contributed by atoms with van der Waals surface area (Å²) >= 11 is 0. The van der Waals surface area contributed by atoms with Gasteiger partial charge in [-0.25, -0.2) is 4.98 Å². The summed E-state index contributed by atoms with van der Waals surface area (Å²) in [5.74, 6) is 1.28. The third kappa shape index (κ3) is 3.13. The number of nitrogens with zero attached hydrogens (tertiary/aromatic N) is 3. The third-order valence-corrected chi connectivity index (χ3v) is 4.73. The minimum absolute atomic E-state index is 0.226. The number of hydrogen-bond acceptors (Lipinski definition) is 4. The first-order valence-corrected chi connectivity index (χ1v) is 8.26. The fourth-order valence-corrected chi connectivity index (χ4v) is 3.38. The van der Waals surface area contributed by atoms with Gasteiger partial charge in [-0.3, -0.25) is 4.99 Å². The van der Waals surface area contributed by atoms with Crippen LogP contribution in [0.15, 0.2) is 35.5 Å². The van der Waals surface area contributed by atoms with E-state index in [0.717, 1.165) is 11.6 Å². The Kier molecular flexibility index (Phi) is 4.64. The monoisotopic (exact) mass is 363 g/mol. The fraction of sp³-hybridized carbons (Fsp3) is 0.368. The van der Waals surface area contributed by atoms with Crippen molar-refractivity contribution in [2.45, 2.75) is 39.2 Å². The Hall–Kier alpha value is -2.57. The van der Waals surface area contributed by atoms with Gasteiger partial charge in [0.25, 0.3) is 0 Å². The number of pyridine rings is 1. The second-order valence-corrected chi connectivity index (χ2v) is 6.30. The van der Waals surface area contributed by atoms with Crippen molar-refractivity contribution < 1.29 is 17.9 Å². The van der Waals surface area contributed by atoms with Crippen molar-refractivity contribution in [3.63, 3.8) is 0 Å². The quantitative estimate of drug-likeness (QED) is 0.789. The predicted molar refractivity (Wildman–Crippen MR) is 94.9 cm³/mol. The first-order valence-electron chi connectivity index (χ1n) is 8.26. The lowest BCUT2D eigenvalue weighted by atomic mass is 9.95. The molecule has 0 radical (unpaired) electrons. The maximum atomic E-state index is 13.3. The van der Waals surface area contributed by atoms with Gasteiger partial charge in [-0.15, -0.1) is 0 Å². The molecule has 7 heteroatoms. The molecule has 1 unspecified atom stereocenters. The third-order valence-electron chi connectivity index (χ3n) is 4.73. The van der Waals surface area contributed by atoms with Crippen LogP contribution < -0.4 is 9.64 Å². The average molecular weight is 363 g/mol. The van der Waals surface area contributed by atoms with Gasteiger partial charge in [0, 0.05) is 11.8 Å². The lowest BCUT2D eigenvalue weighted by Crippen LogP contribution is -2.38. The van der Waals surface area contributed by atoms with Crippen molar-refractivity contribution >= 4 is 12.0 Å². The number of benzene rings is 1. The average Bonchev–Trinajstić information content (AvgIpc) is 2.60. The van der Waals surface area contributed by atoms with Gasteiger partial charge in [0.15, 0.2) is 0 Å². The number of aromatic nitrogens is 1. The number of methoxy groups -OCH3 is 1. The highest BCUT2D eigenvalue weighted by atomic mass is 19.4. The van der Waals surface area contributed by atoms with Crippen LogP contribution in [0, 0.1) is 6.92 Å². The van der Waals surface area contributed by atoms with Crippen molar-refractivity contribution in [3.05, 3.63) is 52.7 Å². The molecule has 4 nitrogen and oxygen atoms in total. The molecule has 2 atom stereocenters. The smallest absolute Gasteiger partial charge is 0.416 e. The van der Waals surface area contributed by atoms with E-state index in [2.05, 4.69) is 9.98 Å². The Morgan fingerprint density at radius 3 is 2.65 bits per heavy atom. The number of alkyl halides is 3. The number of rotatable bonds is 3. The summed E-state index contributed by atoms with van der Waals surface area (Å²) in [6.07, 6.45) is -1.30. The Morgan fingerprint density at radius 2 is 2.00 bits per heavy atom. The molecule has 1 aromatic carbocycles. The van der Waals surface area contributed by atoms with Crippen LogP contribution in [0.4, 0.5) is 19.0 Å². The highest BCUT2D eigenvalue weighted by molar-refractivity contribution is 5.89. The Morgan fingerprint density at radius 1 is 1.27 bits per heavy atom. The van der Waals surface area contributed by atoms with E-state index in [-0.39, 0.29) is 17.8 Å². The maximum absolute atomic E-state index is 13.3. The van der Waals surface area contributed by atoms with Crippen LogP contribution in [0.25, 0.3) is 0 Å². The summed E-state index contributed by atoms with van der Waals surface area (Å²) in [5.41, 5.74) is 0.994. The highest BCUT2D eigenvalue weighted by Gasteiger charge is 2.35. The number of aliphatic imine (C=N–C) groups is 1. The maximum Gasteiger partial charge on any atom is 0.416 e. The molecule has 2 heterocycles. The van der Waals surface area contributed by atoms with E-state index in [1.54, 1.807) is 25.6 Å². The molecule has 1 aromatic heterocycles. The molecule has 0 fully saturated rings. The fourth-order valence-electron chi connectivity index (χ4n) is 3.38. The molecular formula is C19H20F3N3O. The van der Waals surface area contributed by atoms with Crippen LogP contribution in [0.2, 0.25) is 0 Å². The molecule has 0 N–H and O–H groups in total. The van der Waals surface area contributed by atoms with Crippen molar-refractivity contribution in [1.29, 1.82) is 0 Å². The zero-order chi connectivity index (χ0) is 19.1. The van der Waals surface area contributed by atoms with Crippen LogP contribution in [0.1, 0.15) is 42.1 Å². The van der Waals surface area contributed by atoms with Crippen molar-refractivity contribution in [1.82, 2.24) is 4.98 Å². The Bertz CT molecular complexity index is 848. The first kappa shape index (κ1) is 18.2. The van der Waals surface area contributed by atoms with Crippen LogP contribution in [0.5, 0.6) is 5.75 Å². The second-order valence-electron chi connectivity index (χ2n) is 6.30. The molecule has 26 heavy (non-hydrogen) atoms. The van der Waals surface area contributed by atoms with E-state index in [4.69, 9.17) is 4.74 Å². The van der Waals surface area contributed by atoms with Gasteiger partial charge >= 0.3 is 6.18 Å². The van der Waals surface area contributed by atoms with E-state index >= 15 is 0 Å².